The fraction of sp³-hybridized carbons (Fsp3) is 0.769. The average Bonchev–Trinajstić information content (AvgIpc) is 2.65. The topological polar surface area (TPSA) is 64.0 Å². The number of rotatable bonds is 4. The quantitative estimate of drug-likeness (QED) is 0.890. The van der Waals surface area contributed by atoms with Crippen LogP contribution in [-0.2, 0) is 23.3 Å². The lowest BCUT2D eigenvalue weighted by molar-refractivity contribution is 0.448. The molecule has 2 heterocycles. The van der Waals surface area contributed by atoms with Crippen LogP contribution in [0, 0.1) is 6.92 Å². The van der Waals surface area contributed by atoms with E-state index in [-0.39, 0.29) is 11.3 Å². The maximum atomic E-state index is 12.2. The summed E-state index contributed by atoms with van der Waals surface area (Å²) in [6.07, 6.45) is 3.29. The zero-order chi connectivity index (χ0) is 14.0. The summed E-state index contributed by atoms with van der Waals surface area (Å²) in [5, 5.41) is 7.25. The lowest BCUT2D eigenvalue weighted by Crippen LogP contribution is -2.46. The second-order valence-electron chi connectivity index (χ2n) is 5.40. The number of nitrogens with zero attached hydrogens (tertiary/aromatic N) is 2. The van der Waals surface area contributed by atoms with Gasteiger partial charge in [0.25, 0.3) is 0 Å². The van der Waals surface area contributed by atoms with E-state index in [1.54, 1.807) is 0 Å². The second-order valence-corrected chi connectivity index (χ2v) is 7.74. The smallest absolute Gasteiger partial charge is 0.154 e. The number of nitrogens with one attached hydrogen (secondary N) is 1. The van der Waals surface area contributed by atoms with Crippen molar-refractivity contribution in [3.8, 4) is 0 Å². The molecular weight excluding hydrogens is 262 g/mol. The van der Waals surface area contributed by atoms with Gasteiger partial charge in [-0.2, -0.15) is 5.10 Å². The minimum absolute atomic E-state index is 0.0277. The van der Waals surface area contributed by atoms with Gasteiger partial charge in [-0.3, -0.25) is 4.68 Å². The summed E-state index contributed by atoms with van der Waals surface area (Å²) in [4.78, 5) is 0. The molecule has 0 amide bonds. The Bertz CT molecular complexity index is 536. The van der Waals surface area contributed by atoms with Crippen molar-refractivity contribution in [1.29, 1.82) is 0 Å². The van der Waals surface area contributed by atoms with E-state index < -0.39 is 9.84 Å². The van der Waals surface area contributed by atoms with E-state index in [2.05, 4.69) is 10.4 Å². The Labute approximate surface area is 115 Å². The van der Waals surface area contributed by atoms with Gasteiger partial charge in [0.15, 0.2) is 9.84 Å². The average molecular weight is 285 g/mol. The van der Waals surface area contributed by atoms with E-state index in [1.165, 1.54) is 0 Å². The Morgan fingerprint density at radius 2 is 2.26 bits per heavy atom. The molecular formula is C13H23N3O2S. The van der Waals surface area contributed by atoms with Crippen molar-refractivity contribution in [2.24, 2.45) is 7.05 Å². The predicted molar refractivity (Wildman–Crippen MR) is 75.9 cm³/mol. The Morgan fingerprint density at radius 3 is 2.79 bits per heavy atom. The van der Waals surface area contributed by atoms with Crippen LogP contribution in [0.5, 0.6) is 0 Å². The largest absolute Gasteiger partial charge is 0.315 e. The van der Waals surface area contributed by atoms with Crippen LogP contribution < -0.4 is 5.32 Å². The second kappa shape index (κ2) is 5.63. The molecule has 2 atom stereocenters. The van der Waals surface area contributed by atoms with Gasteiger partial charge in [0.1, 0.15) is 0 Å². The number of hydrogen-bond acceptors (Lipinski definition) is 4. The highest BCUT2D eigenvalue weighted by atomic mass is 32.2. The number of aryl methyl sites for hydroxylation is 2. The molecule has 1 saturated heterocycles. The first kappa shape index (κ1) is 14.5. The Balaban J connectivity index is 2.18. The van der Waals surface area contributed by atoms with E-state index in [4.69, 9.17) is 0 Å². The van der Waals surface area contributed by atoms with Crippen molar-refractivity contribution in [2.75, 3.05) is 12.8 Å². The van der Waals surface area contributed by atoms with Crippen LogP contribution in [0.25, 0.3) is 0 Å². The molecule has 19 heavy (non-hydrogen) atoms. The molecule has 5 nitrogen and oxygen atoms in total. The van der Waals surface area contributed by atoms with Gasteiger partial charge in [0.05, 0.1) is 16.7 Å². The molecule has 0 spiro atoms. The summed E-state index contributed by atoms with van der Waals surface area (Å²) in [6.45, 7) is 1.95. The van der Waals surface area contributed by atoms with Crippen LogP contribution in [0.15, 0.2) is 6.07 Å². The molecule has 1 fully saturated rings. The minimum atomic E-state index is -2.95. The fourth-order valence-corrected chi connectivity index (χ4v) is 5.10. The summed E-state index contributed by atoms with van der Waals surface area (Å²) in [5.41, 5.74) is 2.05. The third-order valence-corrected chi connectivity index (χ3v) is 6.32. The molecule has 0 saturated carbocycles. The third kappa shape index (κ3) is 3.17. The molecule has 2 rings (SSSR count). The molecule has 0 aromatic carbocycles. The van der Waals surface area contributed by atoms with Crippen molar-refractivity contribution < 1.29 is 8.42 Å². The number of aromatic nitrogens is 2. The van der Waals surface area contributed by atoms with Crippen molar-refractivity contribution in [3.63, 3.8) is 0 Å². The molecule has 0 radical (unpaired) electrons. The van der Waals surface area contributed by atoms with Crippen LogP contribution in [0.3, 0.4) is 0 Å². The fourth-order valence-electron chi connectivity index (χ4n) is 2.93. The summed E-state index contributed by atoms with van der Waals surface area (Å²) < 4.78 is 26.2. The van der Waals surface area contributed by atoms with Gasteiger partial charge in [-0.15, -0.1) is 0 Å². The molecule has 108 valence electrons. The highest BCUT2D eigenvalue weighted by molar-refractivity contribution is 7.92. The van der Waals surface area contributed by atoms with Gasteiger partial charge in [-0.25, -0.2) is 8.42 Å². The maximum absolute atomic E-state index is 12.2. The van der Waals surface area contributed by atoms with E-state index in [1.807, 2.05) is 31.8 Å². The van der Waals surface area contributed by atoms with Gasteiger partial charge in [0.2, 0.25) is 0 Å². The standard InChI is InChI=1S/C13H23N3O2S/c1-10-8-11(16(3)15-10)9-12(14-2)13-6-4-5-7-19(13,17)18/h8,12-14H,4-7,9H2,1-3H3. The molecule has 1 N–H and O–H groups in total. The maximum Gasteiger partial charge on any atom is 0.154 e. The van der Waals surface area contributed by atoms with Crippen molar-refractivity contribution >= 4 is 9.84 Å². The lowest BCUT2D eigenvalue weighted by Gasteiger charge is -2.29. The third-order valence-electron chi connectivity index (χ3n) is 3.98. The Morgan fingerprint density at radius 1 is 1.53 bits per heavy atom. The molecule has 2 unspecified atom stereocenters. The number of sulfone groups is 1. The highest BCUT2D eigenvalue weighted by Gasteiger charge is 2.35. The summed E-state index contributed by atoms with van der Waals surface area (Å²) in [6, 6.07) is 2.00. The van der Waals surface area contributed by atoms with Gasteiger partial charge in [0, 0.05) is 25.2 Å². The van der Waals surface area contributed by atoms with Gasteiger partial charge >= 0.3 is 0 Å². The zero-order valence-corrected chi connectivity index (χ0v) is 12.7. The van der Waals surface area contributed by atoms with Crippen LogP contribution in [0.2, 0.25) is 0 Å². The van der Waals surface area contributed by atoms with Crippen LogP contribution in [-0.4, -0.2) is 42.3 Å². The molecule has 1 aliphatic rings. The van der Waals surface area contributed by atoms with Crippen LogP contribution >= 0.6 is 0 Å². The zero-order valence-electron chi connectivity index (χ0n) is 11.9. The van der Waals surface area contributed by atoms with Crippen LogP contribution in [0.1, 0.15) is 30.7 Å². The van der Waals surface area contributed by atoms with Crippen molar-refractivity contribution in [1.82, 2.24) is 15.1 Å². The Hall–Kier alpha value is -0.880. The van der Waals surface area contributed by atoms with Gasteiger partial charge < -0.3 is 5.32 Å². The Kier molecular flexibility index (Phi) is 4.30. The van der Waals surface area contributed by atoms with Crippen molar-refractivity contribution in [3.05, 3.63) is 17.5 Å². The first-order valence-electron chi connectivity index (χ1n) is 6.82. The van der Waals surface area contributed by atoms with Gasteiger partial charge in [-0.1, -0.05) is 6.42 Å². The van der Waals surface area contributed by atoms with E-state index in [9.17, 15) is 8.42 Å². The summed E-state index contributed by atoms with van der Waals surface area (Å²) in [5.74, 6) is 0.334. The predicted octanol–water partition coefficient (Wildman–Crippen LogP) is 0.826. The lowest BCUT2D eigenvalue weighted by atomic mass is 10.0. The van der Waals surface area contributed by atoms with E-state index in [0.29, 0.717) is 12.2 Å². The molecule has 0 aliphatic carbocycles. The normalized spacial score (nSPS) is 24.3. The van der Waals surface area contributed by atoms with E-state index in [0.717, 1.165) is 30.7 Å². The minimum Gasteiger partial charge on any atom is -0.315 e. The van der Waals surface area contributed by atoms with Crippen molar-refractivity contribution in [2.45, 2.75) is 43.9 Å². The van der Waals surface area contributed by atoms with Crippen LogP contribution in [0.4, 0.5) is 0 Å². The highest BCUT2D eigenvalue weighted by Crippen LogP contribution is 2.24. The molecule has 0 bridgehead atoms. The summed E-state index contributed by atoms with van der Waals surface area (Å²) >= 11 is 0. The molecule has 6 heteroatoms. The molecule has 1 aliphatic heterocycles. The number of likely N-dealkylation sites (N-methyl/N-ethyl adjacent to an activating group) is 1. The monoisotopic (exact) mass is 285 g/mol. The molecule has 1 aromatic rings. The first-order chi connectivity index (χ1) is 8.94. The number of hydrogen-bond donors (Lipinski definition) is 1. The first-order valence-corrected chi connectivity index (χ1v) is 8.54. The SMILES string of the molecule is CNC(Cc1cc(C)nn1C)C1CCCCS1(=O)=O. The molecule has 1 aromatic heterocycles. The van der Waals surface area contributed by atoms with E-state index >= 15 is 0 Å². The van der Waals surface area contributed by atoms with Gasteiger partial charge in [-0.05, 0) is 32.9 Å². The summed E-state index contributed by atoms with van der Waals surface area (Å²) in [7, 11) is 0.799.